The molecule has 2 rings (SSSR count). The van der Waals surface area contributed by atoms with E-state index < -0.39 is 6.10 Å². The Balaban J connectivity index is 1.93. The normalized spacial score (nSPS) is 25.1. The first-order valence-corrected chi connectivity index (χ1v) is 6.63. The van der Waals surface area contributed by atoms with E-state index in [9.17, 15) is 5.11 Å². The molecule has 3 heteroatoms. The summed E-state index contributed by atoms with van der Waals surface area (Å²) in [7, 11) is 0. The molecule has 1 N–H and O–H groups in total. The van der Waals surface area contributed by atoms with Gasteiger partial charge in [-0.2, -0.15) is 0 Å². The van der Waals surface area contributed by atoms with Crippen LogP contribution in [-0.2, 0) is 4.74 Å². The molecule has 1 fully saturated rings. The standard InChI is InChI=1S/C15H22O3/c1-10-8-13(12(3)16)5-7-15(10)17-9-14-6-4-11(2)18-14/h5,7-8,11-12,14,16H,4,6,9H2,1-3H3/t11?,12-,14?/m1/s1. The van der Waals surface area contributed by atoms with Crippen LogP contribution in [0.3, 0.4) is 0 Å². The maximum atomic E-state index is 9.51. The summed E-state index contributed by atoms with van der Waals surface area (Å²) < 4.78 is 11.5. The van der Waals surface area contributed by atoms with E-state index >= 15 is 0 Å². The van der Waals surface area contributed by atoms with E-state index in [4.69, 9.17) is 9.47 Å². The predicted octanol–water partition coefficient (Wildman–Crippen LogP) is 2.99. The van der Waals surface area contributed by atoms with Gasteiger partial charge in [0, 0.05) is 0 Å². The Labute approximate surface area is 109 Å². The molecule has 0 aliphatic carbocycles. The van der Waals surface area contributed by atoms with Crippen LogP contribution in [0.15, 0.2) is 18.2 Å². The van der Waals surface area contributed by atoms with E-state index in [-0.39, 0.29) is 6.10 Å². The lowest BCUT2D eigenvalue weighted by molar-refractivity contribution is 0.0263. The molecule has 18 heavy (non-hydrogen) atoms. The van der Waals surface area contributed by atoms with Gasteiger partial charge in [-0.15, -0.1) is 0 Å². The van der Waals surface area contributed by atoms with Crippen LogP contribution in [0, 0.1) is 6.92 Å². The fraction of sp³-hybridized carbons (Fsp3) is 0.600. The number of rotatable bonds is 4. The van der Waals surface area contributed by atoms with E-state index in [0.29, 0.717) is 12.7 Å². The van der Waals surface area contributed by atoms with Crippen molar-refractivity contribution >= 4 is 0 Å². The molecule has 2 unspecified atom stereocenters. The smallest absolute Gasteiger partial charge is 0.122 e. The third kappa shape index (κ3) is 3.24. The summed E-state index contributed by atoms with van der Waals surface area (Å²) in [4.78, 5) is 0. The maximum absolute atomic E-state index is 9.51. The summed E-state index contributed by atoms with van der Waals surface area (Å²) in [5, 5.41) is 9.51. The van der Waals surface area contributed by atoms with E-state index in [1.54, 1.807) is 6.92 Å². The van der Waals surface area contributed by atoms with Crippen LogP contribution in [0.4, 0.5) is 0 Å². The number of ether oxygens (including phenoxy) is 2. The minimum absolute atomic E-state index is 0.218. The van der Waals surface area contributed by atoms with Gasteiger partial charge in [0.15, 0.2) is 0 Å². The molecule has 0 aromatic heterocycles. The van der Waals surface area contributed by atoms with Crippen LogP contribution in [0.2, 0.25) is 0 Å². The molecule has 1 aliphatic heterocycles. The van der Waals surface area contributed by atoms with Crippen molar-refractivity contribution in [3.05, 3.63) is 29.3 Å². The minimum atomic E-state index is -0.434. The Hall–Kier alpha value is -1.06. The molecule has 1 aliphatic rings. The summed E-state index contributed by atoms with van der Waals surface area (Å²) in [6, 6.07) is 5.80. The van der Waals surface area contributed by atoms with Crippen molar-refractivity contribution in [3.63, 3.8) is 0 Å². The average molecular weight is 250 g/mol. The first-order chi connectivity index (χ1) is 8.56. The molecule has 100 valence electrons. The second kappa shape index (κ2) is 5.72. The lowest BCUT2D eigenvalue weighted by Crippen LogP contribution is -2.18. The lowest BCUT2D eigenvalue weighted by atomic mass is 10.1. The lowest BCUT2D eigenvalue weighted by Gasteiger charge is -2.15. The summed E-state index contributed by atoms with van der Waals surface area (Å²) in [6.07, 6.45) is 2.34. The van der Waals surface area contributed by atoms with E-state index in [0.717, 1.165) is 29.7 Å². The van der Waals surface area contributed by atoms with Crippen LogP contribution >= 0.6 is 0 Å². The van der Waals surface area contributed by atoms with Crippen molar-refractivity contribution < 1.29 is 14.6 Å². The van der Waals surface area contributed by atoms with Gasteiger partial charge in [-0.25, -0.2) is 0 Å². The SMILES string of the molecule is Cc1cc([C@@H](C)O)ccc1OCC1CCC(C)O1. The van der Waals surface area contributed by atoms with Gasteiger partial charge in [0.1, 0.15) is 12.4 Å². The molecular weight excluding hydrogens is 228 g/mol. The van der Waals surface area contributed by atoms with Gasteiger partial charge in [-0.1, -0.05) is 6.07 Å². The molecule has 0 spiro atoms. The summed E-state index contributed by atoms with van der Waals surface area (Å²) in [6.45, 7) is 6.48. The van der Waals surface area contributed by atoms with Gasteiger partial charge in [0.25, 0.3) is 0 Å². The third-order valence-corrected chi connectivity index (χ3v) is 3.43. The van der Waals surface area contributed by atoms with Gasteiger partial charge < -0.3 is 14.6 Å². The molecule has 1 aromatic rings. The van der Waals surface area contributed by atoms with Crippen molar-refractivity contribution in [1.29, 1.82) is 0 Å². The first-order valence-electron chi connectivity index (χ1n) is 6.63. The minimum Gasteiger partial charge on any atom is -0.491 e. The zero-order chi connectivity index (χ0) is 13.1. The Kier molecular flexibility index (Phi) is 4.25. The van der Waals surface area contributed by atoms with Crippen LogP contribution in [0.1, 0.15) is 43.9 Å². The van der Waals surface area contributed by atoms with Gasteiger partial charge in [-0.3, -0.25) is 0 Å². The molecule has 1 aromatic carbocycles. The third-order valence-electron chi connectivity index (χ3n) is 3.43. The largest absolute Gasteiger partial charge is 0.491 e. The monoisotopic (exact) mass is 250 g/mol. The number of hydrogen-bond donors (Lipinski definition) is 1. The number of benzene rings is 1. The molecule has 1 saturated heterocycles. The molecule has 0 amide bonds. The van der Waals surface area contributed by atoms with E-state index in [1.807, 2.05) is 25.1 Å². The predicted molar refractivity (Wildman–Crippen MR) is 70.9 cm³/mol. The van der Waals surface area contributed by atoms with Crippen LogP contribution < -0.4 is 4.74 Å². The highest BCUT2D eigenvalue weighted by molar-refractivity contribution is 5.36. The van der Waals surface area contributed by atoms with Crippen molar-refractivity contribution in [1.82, 2.24) is 0 Å². The van der Waals surface area contributed by atoms with Crippen LogP contribution in [0.25, 0.3) is 0 Å². The summed E-state index contributed by atoms with van der Waals surface area (Å²) >= 11 is 0. The van der Waals surface area contributed by atoms with Gasteiger partial charge in [0.05, 0.1) is 18.3 Å². The van der Waals surface area contributed by atoms with Crippen molar-refractivity contribution in [2.45, 2.75) is 51.9 Å². The number of hydrogen-bond acceptors (Lipinski definition) is 3. The van der Waals surface area contributed by atoms with Crippen molar-refractivity contribution in [2.75, 3.05) is 6.61 Å². The van der Waals surface area contributed by atoms with Gasteiger partial charge >= 0.3 is 0 Å². The second-order valence-electron chi connectivity index (χ2n) is 5.16. The van der Waals surface area contributed by atoms with Crippen molar-refractivity contribution in [2.24, 2.45) is 0 Å². The fourth-order valence-electron chi connectivity index (χ4n) is 2.28. The summed E-state index contributed by atoms with van der Waals surface area (Å²) in [5.74, 6) is 0.877. The Morgan fingerprint density at radius 1 is 1.44 bits per heavy atom. The number of aliphatic hydroxyl groups excluding tert-OH is 1. The van der Waals surface area contributed by atoms with Crippen LogP contribution in [0.5, 0.6) is 5.75 Å². The molecule has 0 radical (unpaired) electrons. The van der Waals surface area contributed by atoms with Gasteiger partial charge in [0.2, 0.25) is 0 Å². The second-order valence-corrected chi connectivity index (χ2v) is 5.16. The Bertz CT molecular complexity index is 401. The molecule has 0 saturated carbocycles. The molecule has 1 heterocycles. The number of aryl methyl sites for hydroxylation is 1. The zero-order valence-electron chi connectivity index (χ0n) is 11.3. The first kappa shape index (κ1) is 13.4. The Morgan fingerprint density at radius 2 is 2.22 bits per heavy atom. The van der Waals surface area contributed by atoms with E-state index in [1.165, 1.54) is 0 Å². The fourth-order valence-corrected chi connectivity index (χ4v) is 2.28. The number of aliphatic hydroxyl groups is 1. The van der Waals surface area contributed by atoms with Crippen molar-refractivity contribution in [3.8, 4) is 5.75 Å². The summed E-state index contributed by atoms with van der Waals surface area (Å²) in [5.41, 5.74) is 1.98. The Morgan fingerprint density at radius 3 is 2.78 bits per heavy atom. The topological polar surface area (TPSA) is 38.7 Å². The van der Waals surface area contributed by atoms with Gasteiger partial charge in [-0.05, 0) is 56.9 Å². The molecule has 3 atom stereocenters. The maximum Gasteiger partial charge on any atom is 0.122 e. The van der Waals surface area contributed by atoms with E-state index in [2.05, 4.69) is 6.92 Å². The average Bonchev–Trinajstić information content (AvgIpc) is 2.73. The zero-order valence-corrected chi connectivity index (χ0v) is 11.3. The quantitative estimate of drug-likeness (QED) is 0.892. The molecule has 0 bridgehead atoms. The highest BCUT2D eigenvalue weighted by Crippen LogP contribution is 2.25. The highest BCUT2D eigenvalue weighted by Gasteiger charge is 2.22. The molecular formula is C15H22O3. The molecule has 3 nitrogen and oxygen atoms in total. The van der Waals surface area contributed by atoms with Crippen LogP contribution in [-0.4, -0.2) is 23.9 Å². The highest BCUT2D eigenvalue weighted by atomic mass is 16.5.